The van der Waals surface area contributed by atoms with E-state index in [1.807, 2.05) is 6.07 Å². The molecule has 0 heterocycles. The van der Waals surface area contributed by atoms with Crippen molar-refractivity contribution in [2.45, 2.75) is 26.7 Å². The maximum atomic E-state index is 13.2. The van der Waals surface area contributed by atoms with E-state index in [1.54, 1.807) is 6.07 Å². The molecular formula is C14H19ClFN. The van der Waals surface area contributed by atoms with E-state index in [0.717, 1.165) is 31.5 Å². The van der Waals surface area contributed by atoms with Crippen LogP contribution in [0.5, 0.6) is 0 Å². The average Bonchev–Trinajstić information content (AvgIpc) is 2.30. The first-order valence-electron chi connectivity index (χ1n) is 5.93. The van der Waals surface area contributed by atoms with Gasteiger partial charge in [-0.2, -0.15) is 0 Å². The Morgan fingerprint density at radius 1 is 1.47 bits per heavy atom. The molecule has 0 amide bonds. The Labute approximate surface area is 108 Å². The zero-order valence-electron chi connectivity index (χ0n) is 10.4. The first kappa shape index (κ1) is 14.2. The van der Waals surface area contributed by atoms with E-state index in [2.05, 4.69) is 25.2 Å². The van der Waals surface area contributed by atoms with Gasteiger partial charge in [0, 0.05) is 0 Å². The van der Waals surface area contributed by atoms with Crippen LogP contribution in [0.25, 0.3) is 0 Å². The van der Waals surface area contributed by atoms with Gasteiger partial charge in [-0.25, -0.2) is 4.39 Å². The van der Waals surface area contributed by atoms with E-state index in [-0.39, 0.29) is 10.8 Å². The van der Waals surface area contributed by atoms with Crippen LogP contribution in [0.4, 0.5) is 4.39 Å². The van der Waals surface area contributed by atoms with Crippen molar-refractivity contribution in [2.24, 2.45) is 0 Å². The number of benzene rings is 1. The van der Waals surface area contributed by atoms with E-state index in [0.29, 0.717) is 0 Å². The van der Waals surface area contributed by atoms with E-state index < -0.39 is 0 Å². The summed E-state index contributed by atoms with van der Waals surface area (Å²) in [6.07, 6.45) is 3.98. The Morgan fingerprint density at radius 2 is 2.24 bits per heavy atom. The Morgan fingerprint density at radius 3 is 2.88 bits per heavy atom. The second-order valence-corrected chi connectivity index (χ2v) is 4.53. The molecule has 1 aromatic rings. The van der Waals surface area contributed by atoms with Crippen LogP contribution in [0.2, 0.25) is 5.02 Å². The lowest BCUT2D eigenvalue weighted by Gasteiger charge is -2.04. The lowest BCUT2D eigenvalue weighted by molar-refractivity contribution is 0.626. The third kappa shape index (κ3) is 5.33. The number of hydrogen-bond donors (Lipinski definition) is 1. The molecule has 0 aliphatic rings. The highest BCUT2D eigenvalue weighted by molar-refractivity contribution is 6.30. The fraction of sp³-hybridized carbons (Fsp3) is 0.429. The standard InChI is InChI=1S/C14H19ClFN/c1-3-17-8-4-5-11(2)9-12-6-7-13(15)14(16)10-12/h5-7,10,17H,3-4,8-9H2,1-2H3/b11-5-. The van der Waals surface area contributed by atoms with Crippen molar-refractivity contribution in [2.75, 3.05) is 13.1 Å². The van der Waals surface area contributed by atoms with Gasteiger partial charge < -0.3 is 5.32 Å². The molecule has 1 aromatic carbocycles. The Bertz CT molecular complexity index is 388. The normalized spacial score (nSPS) is 11.9. The first-order chi connectivity index (χ1) is 8.13. The highest BCUT2D eigenvalue weighted by Gasteiger charge is 2.01. The van der Waals surface area contributed by atoms with Crippen LogP contribution >= 0.6 is 11.6 Å². The topological polar surface area (TPSA) is 12.0 Å². The van der Waals surface area contributed by atoms with Gasteiger partial charge in [-0.15, -0.1) is 0 Å². The molecule has 3 heteroatoms. The molecule has 0 saturated heterocycles. The highest BCUT2D eigenvalue weighted by atomic mass is 35.5. The molecule has 0 spiro atoms. The van der Waals surface area contributed by atoms with Crippen LogP contribution in [-0.4, -0.2) is 13.1 Å². The number of halogens is 2. The first-order valence-corrected chi connectivity index (χ1v) is 6.31. The van der Waals surface area contributed by atoms with Gasteiger partial charge in [-0.05, 0) is 50.6 Å². The van der Waals surface area contributed by atoms with Gasteiger partial charge in [0.05, 0.1) is 5.02 Å². The van der Waals surface area contributed by atoms with Crippen molar-refractivity contribution < 1.29 is 4.39 Å². The smallest absolute Gasteiger partial charge is 0.142 e. The van der Waals surface area contributed by atoms with Gasteiger partial charge in [-0.1, -0.05) is 36.2 Å². The van der Waals surface area contributed by atoms with Gasteiger partial charge in [0.1, 0.15) is 5.82 Å². The van der Waals surface area contributed by atoms with Crippen molar-refractivity contribution in [3.05, 3.63) is 46.3 Å². The lowest BCUT2D eigenvalue weighted by Crippen LogP contribution is -2.13. The quantitative estimate of drug-likeness (QED) is 0.599. The summed E-state index contributed by atoms with van der Waals surface area (Å²) in [6, 6.07) is 4.98. The molecule has 1 rings (SSSR count). The fourth-order valence-electron chi connectivity index (χ4n) is 1.64. The number of nitrogens with one attached hydrogen (secondary N) is 1. The van der Waals surface area contributed by atoms with Gasteiger partial charge in [0.15, 0.2) is 0 Å². The summed E-state index contributed by atoms with van der Waals surface area (Å²) in [6.45, 7) is 6.14. The molecular weight excluding hydrogens is 237 g/mol. The zero-order valence-corrected chi connectivity index (χ0v) is 11.1. The minimum Gasteiger partial charge on any atom is -0.317 e. The molecule has 0 fully saturated rings. The van der Waals surface area contributed by atoms with Crippen LogP contribution < -0.4 is 5.32 Å². The van der Waals surface area contributed by atoms with Crippen molar-refractivity contribution >= 4 is 11.6 Å². The summed E-state index contributed by atoms with van der Waals surface area (Å²) in [4.78, 5) is 0. The van der Waals surface area contributed by atoms with Crippen molar-refractivity contribution in [1.82, 2.24) is 5.32 Å². The molecule has 0 aromatic heterocycles. The van der Waals surface area contributed by atoms with Gasteiger partial charge in [0.2, 0.25) is 0 Å². The summed E-state index contributed by atoms with van der Waals surface area (Å²) in [7, 11) is 0. The van der Waals surface area contributed by atoms with E-state index >= 15 is 0 Å². The summed E-state index contributed by atoms with van der Waals surface area (Å²) < 4.78 is 13.2. The third-order valence-electron chi connectivity index (χ3n) is 2.53. The van der Waals surface area contributed by atoms with E-state index in [1.165, 1.54) is 11.6 Å². The molecule has 0 bridgehead atoms. The molecule has 94 valence electrons. The predicted octanol–water partition coefficient (Wildman–Crippen LogP) is 3.97. The molecule has 0 saturated carbocycles. The predicted molar refractivity (Wildman–Crippen MR) is 72.0 cm³/mol. The summed E-state index contributed by atoms with van der Waals surface area (Å²) in [5.74, 6) is -0.343. The van der Waals surface area contributed by atoms with Crippen LogP contribution in [0, 0.1) is 5.82 Å². The number of allylic oxidation sites excluding steroid dienone is 1. The molecule has 0 radical (unpaired) electrons. The highest BCUT2D eigenvalue weighted by Crippen LogP contribution is 2.17. The Hall–Kier alpha value is -0.860. The fourth-order valence-corrected chi connectivity index (χ4v) is 1.76. The second kappa shape index (κ2) is 7.46. The third-order valence-corrected chi connectivity index (χ3v) is 2.84. The van der Waals surface area contributed by atoms with E-state index in [9.17, 15) is 4.39 Å². The maximum absolute atomic E-state index is 13.2. The minimum absolute atomic E-state index is 0.183. The molecule has 1 N–H and O–H groups in total. The molecule has 0 unspecified atom stereocenters. The van der Waals surface area contributed by atoms with Gasteiger partial charge in [0.25, 0.3) is 0 Å². The lowest BCUT2D eigenvalue weighted by atomic mass is 10.1. The van der Waals surface area contributed by atoms with E-state index in [4.69, 9.17) is 11.6 Å². The Balaban J connectivity index is 2.49. The van der Waals surface area contributed by atoms with Crippen LogP contribution in [0.15, 0.2) is 29.8 Å². The largest absolute Gasteiger partial charge is 0.317 e. The molecule has 17 heavy (non-hydrogen) atoms. The van der Waals surface area contributed by atoms with Crippen molar-refractivity contribution in [3.63, 3.8) is 0 Å². The summed E-state index contributed by atoms with van der Waals surface area (Å²) in [5.41, 5.74) is 2.22. The van der Waals surface area contributed by atoms with Gasteiger partial charge >= 0.3 is 0 Å². The van der Waals surface area contributed by atoms with Gasteiger partial charge in [-0.3, -0.25) is 0 Å². The van der Waals surface area contributed by atoms with Crippen LogP contribution in [0.1, 0.15) is 25.8 Å². The molecule has 0 aliphatic heterocycles. The Kier molecular flexibility index (Phi) is 6.23. The number of hydrogen-bond acceptors (Lipinski definition) is 1. The van der Waals surface area contributed by atoms with Crippen LogP contribution in [0.3, 0.4) is 0 Å². The molecule has 0 atom stereocenters. The van der Waals surface area contributed by atoms with Crippen LogP contribution in [-0.2, 0) is 6.42 Å². The minimum atomic E-state index is -0.343. The average molecular weight is 256 g/mol. The summed E-state index contributed by atoms with van der Waals surface area (Å²) in [5, 5.41) is 3.44. The zero-order chi connectivity index (χ0) is 12.7. The SMILES string of the molecule is CCNCC/C=C(/C)Cc1ccc(Cl)c(F)c1. The summed E-state index contributed by atoms with van der Waals surface area (Å²) >= 11 is 5.64. The second-order valence-electron chi connectivity index (χ2n) is 4.12. The molecule has 1 nitrogen and oxygen atoms in total. The monoisotopic (exact) mass is 255 g/mol. The van der Waals surface area contributed by atoms with Crippen molar-refractivity contribution in [3.8, 4) is 0 Å². The van der Waals surface area contributed by atoms with Crippen molar-refractivity contribution in [1.29, 1.82) is 0 Å². The maximum Gasteiger partial charge on any atom is 0.142 e. The molecule has 0 aliphatic carbocycles. The number of rotatable bonds is 6.